The number of benzene rings is 1. The molecule has 2 aromatic rings. The summed E-state index contributed by atoms with van der Waals surface area (Å²) < 4.78 is 0. The Morgan fingerprint density at radius 2 is 2.10 bits per heavy atom. The lowest BCUT2D eigenvalue weighted by atomic mass is 9.69. The van der Waals surface area contributed by atoms with Gasteiger partial charge in [0.1, 0.15) is 0 Å². The summed E-state index contributed by atoms with van der Waals surface area (Å²) in [6.45, 7) is 4.29. The van der Waals surface area contributed by atoms with Gasteiger partial charge in [-0.25, -0.2) is 4.98 Å². The van der Waals surface area contributed by atoms with E-state index in [0.29, 0.717) is 0 Å². The molecule has 0 bridgehead atoms. The first kappa shape index (κ1) is 14.3. The van der Waals surface area contributed by atoms with Gasteiger partial charge < -0.3 is 0 Å². The molecular formula is C17H20BrNS. The number of rotatable bonds is 3. The van der Waals surface area contributed by atoms with E-state index in [1.54, 1.807) is 0 Å². The third kappa shape index (κ3) is 2.46. The van der Waals surface area contributed by atoms with Crippen LogP contribution in [0.4, 0.5) is 0 Å². The van der Waals surface area contributed by atoms with Crippen LogP contribution in [0.2, 0.25) is 0 Å². The Bertz CT molecular complexity index is 600. The van der Waals surface area contributed by atoms with Crippen molar-refractivity contribution >= 4 is 27.3 Å². The highest BCUT2D eigenvalue weighted by Crippen LogP contribution is 2.42. The summed E-state index contributed by atoms with van der Waals surface area (Å²) in [5.41, 5.74) is 4.49. The normalized spacial score (nSPS) is 21.8. The molecule has 0 saturated heterocycles. The maximum absolute atomic E-state index is 4.77. The molecule has 3 heteroatoms. The standard InChI is InChI=1S/C17H20BrNS/c1-12-13(2)20-16(19-12)10-17(11-18)9-5-7-14-6-3-4-8-15(14)17/h3-4,6,8H,5,7,9-11H2,1-2H3. The highest BCUT2D eigenvalue weighted by atomic mass is 79.9. The van der Waals surface area contributed by atoms with Crippen LogP contribution in [0, 0.1) is 13.8 Å². The number of nitrogens with zero attached hydrogens (tertiary/aromatic N) is 1. The van der Waals surface area contributed by atoms with Crippen LogP contribution in [-0.2, 0) is 18.3 Å². The van der Waals surface area contributed by atoms with E-state index in [9.17, 15) is 0 Å². The summed E-state index contributed by atoms with van der Waals surface area (Å²) in [5, 5.41) is 2.31. The molecule has 3 rings (SSSR count). The van der Waals surface area contributed by atoms with Gasteiger partial charge in [-0.05, 0) is 44.2 Å². The number of halogens is 1. The van der Waals surface area contributed by atoms with Crippen LogP contribution in [-0.4, -0.2) is 10.3 Å². The van der Waals surface area contributed by atoms with Gasteiger partial charge in [-0.2, -0.15) is 0 Å². The number of thiazole rings is 1. The summed E-state index contributed by atoms with van der Waals surface area (Å²) in [6, 6.07) is 8.97. The molecule has 1 heterocycles. The molecule has 0 amide bonds. The van der Waals surface area contributed by atoms with E-state index in [-0.39, 0.29) is 5.41 Å². The third-order valence-corrected chi connectivity index (χ3v) is 6.65. The summed E-state index contributed by atoms with van der Waals surface area (Å²) in [5.74, 6) is 0. The summed E-state index contributed by atoms with van der Waals surface area (Å²) in [7, 11) is 0. The maximum atomic E-state index is 4.77. The second-order valence-electron chi connectivity index (χ2n) is 5.85. The molecule has 106 valence electrons. The van der Waals surface area contributed by atoms with Gasteiger partial charge in [-0.15, -0.1) is 11.3 Å². The smallest absolute Gasteiger partial charge is 0.0940 e. The van der Waals surface area contributed by atoms with Crippen LogP contribution < -0.4 is 0 Å². The highest BCUT2D eigenvalue weighted by Gasteiger charge is 2.36. The maximum Gasteiger partial charge on any atom is 0.0940 e. The molecule has 0 spiro atoms. The fourth-order valence-corrected chi connectivity index (χ4v) is 5.14. The van der Waals surface area contributed by atoms with Crippen molar-refractivity contribution in [3.8, 4) is 0 Å². The van der Waals surface area contributed by atoms with Crippen LogP contribution in [0.3, 0.4) is 0 Å². The van der Waals surface area contributed by atoms with Gasteiger partial charge in [0.05, 0.1) is 10.7 Å². The number of hydrogen-bond donors (Lipinski definition) is 0. The van der Waals surface area contributed by atoms with Crippen molar-refractivity contribution in [1.82, 2.24) is 4.98 Å². The van der Waals surface area contributed by atoms with E-state index in [0.717, 1.165) is 11.8 Å². The first-order chi connectivity index (χ1) is 9.64. The van der Waals surface area contributed by atoms with Crippen LogP contribution in [0.25, 0.3) is 0 Å². The van der Waals surface area contributed by atoms with E-state index in [1.165, 1.54) is 46.0 Å². The Kier molecular flexibility index (Phi) is 4.00. The molecule has 0 aliphatic heterocycles. The fraction of sp³-hybridized carbons (Fsp3) is 0.471. The SMILES string of the molecule is Cc1nc(CC2(CBr)CCCc3ccccc32)sc1C. The lowest BCUT2D eigenvalue weighted by molar-refractivity contribution is 0.400. The number of hydrogen-bond acceptors (Lipinski definition) is 2. The minimum atomic E-state index is 0.228. The van der Waals surface area contributed by atoms with Crippen molar-refractivity contribution in [2.75, 3.05) is 5.33 Å². The lowest BCUT2D eigenvalue weighted by Gasteiger charge is -2.37. The minimum absolute atomic E-state index is 0.228. The van der Waals surface area contributed by atoms with Gasteiger partial charge in [-0.1, -0.05) is 40.2 Å². The van der Waals surface area contributed by atoms with Crippen molar-refractivity contribution in [3.05, 3.63) is 51.0 Å². The molecule has 20 heavy (non-hydrogen) atoms. The molecule has 1 aliphatic rings. The largest absolute Gasteiger partial charge is 0.246 e. The van der Waals surface area contributed by atoms with Crippen molar-refractivity contribution in [2.24, 2.45) is 0 Å². The van der Waals surface area contributed by atoms with Gasteiger partial charge in [-0.3, -0.25) is 0 Å². The molecule has 1 atom stereocenters. The molecule has 0 radical (unpaired) electrons. The van der Waals surface area contributed by atoms with Gasteiger partial charge in [0.15, 0.2) is 0 Å². The zero-order valence-corrected chi connectivity index (χ0v) is 14.5. The molecule has 0 N–H and O–H groups in total. The number of fused-ring (bicyclic) bond motifs is 1. The van der Waals surface area contributed by atoms with Crippen LogP contribution in [0.1, 0.15) is 39.5 Å². The summed E-state index contributed by atoms with van der Waals surface area (Å²) in [4.78, 5) is 6.12. The first-order valence-electron chi connectivity index (χ1n) is 7.22. The molecule has 1 nitrogen and oxygen atoms in total. The molecule has 1 aromatic carbocycles. The second-order valence-corrected chi connectivity index (χ2v) is 7.70. The third-order valence-electron chi connectivity index (χ3n) is 4.51. The fourth-order valence-electron chi connectivity index (χ4n) is 3.28. The van der Waals surface area contributed by atoms with Gasteiger partial charge in [0.25, 0.3) is 0 Å². The van der Waals surface area contributed by atoms with Crippen molar-refractivity contribution in [1.29, 1.82) is 0 Å². The molecule has 1 aromatic heterocycles. The predicted molar refractivity (Wildman–Crippen MR) is 90.1 cm³/mol. The number of aromatic nitrogens is 1. The van der Waals surface area contributed by atoms with E-state index >= 15 is 0 Å². The van der Waals surface area contributed by atoms with Crippen molar-refractivity contribution in [2.45, 2.75) is 44.9 Å². The summed E-state index contributed by atoms with van der Waals surface area (Å²) in [6.07, 6.45) is 4.83. The van der Waals surface area contributed by atoms with Crippen LogP contribution in [0.15, 0.2) is 24.3 Å². The Hall–Kier alpha value is -0.670. The van der Waals surface area contributed by atoms with Gasteiger partial charge >= 0.3 is 0 Å². The van der Waals surface area contributed by atoms with E-state index in [1.807, 2.05) is 11.3 Å². The Morgan fingerprint density at radius 1 is 1.30 bits per heavy atom. The van der Waals surface area contributed by atoms with Crippen LogP contribution in [0.5, 0.6) is 0 Å². The number of alkyl halides is 1. The Morgan fingerprint density at radius 3 is 2.80 bits per heavy atom. The number of aryl methyl sites for hydroxylation is 3. The quantitative estimate of drug-likeness (QED) is 0.712. The van der Waals surface area contributed by atoms with Crippen LogP contribution >= 0.6 is 27.3 Å². The second kappa shape index (κ2) is 5.61. The molecule has 1 aliphatic carbocycles. The molecule has 0 fully saturated rings. The Labute approximate surface area is 133 Å². The van der Waals surface area contributed by atoms with Crippen molar-refractivity contribution in [3.63, 3.8) is 0 Å². The lowest BCUT2D eigenvalue weighted by Crippen LogP contribution is -2.35. The average Bonchev–Trinajstić information content (AvgIpc) is 2.77. The first-order valence-corrected chi connectivity index (χ1v) is 9.16. The minimum Gasteiger partial charge on any atom is -0.246 e. The monoisotopic (exact) mass is 349 g/mol. The topological polar surface area (TPSA) is 12.9 Å². The predicted octanol–water partition coefficient (Wildman–Crippen LogP) is 4.97. The van der Waals surface area contributed by atoms with E-state index in [4.69, 9.17) is 4.98 Å². The van der Waals surface area contributed by atoms with E-state index in [2.05, 4.69) is 54.0 Å². The highest BCUT2D eigenvalue weighted by molar-refractivity contribution is 9.09. The molecule has 1 unspecified atom stereocenters. The zero-order chi connectivity index (χ0) is 14.2. The Balaban J connectivity index is 2.00. The van der Waals surface area contributed by atoms with E-state index < -0.39 is 0 Å². The van der Waals surface area contributed by atoms with Crippen molar-refractivity contribution < 1.29 is 0 Å². The summed E-state index contributed by atoms with van der Waals surface area (Å²) >= 11 is 5.66. The van der Waals surface area contributed by atoms with Gasteiger partial charge in [0.2, 0.25) is 0 Å². The molecular weight excluding hydrogens is 330 g/mol. The average molecular weight is 350 g/mol. The zero-order valence-electron chi connectivity index (χ0n) is 12.1. The van der Waals surface area contributed by atoms with Gasteiger partial charge in [0, 0.05) is 22.0 Å². The molecule has 0 saturated carbocycles.